The maximum atomic E-state index is 13.3. The molecule has 3 amide bonds. The first-order valence-corrected chi connectivity index (χ1v) is 14.8. The van der Waals surface area contributed by atoms with Crippen LogP contribution in [0.15, 0.2) is 48.5 Å². The number of halogens is 1. The minimum absolute atomic E-state index is 0.0873. The van der Waals surface area contributed by atoms with Crippen molar-refractivity contribution in [2.45, 2.75) is 11.7 Å². The van der Waals surface area contributed by atoms with E-state index in [1.54, 1.807) is 29.2 Å². The summed E-state index contributed by atoms with van der Waals surface area (Å²) in [6.45, 7) is 2.77. The Labute approximate surface area is 248 Å². The van der Waals surface area contributed by atoms with Crippen molar-refractivity contribution in [1.29, 1.82) is 0 Å². The molecule has 222 valence electrons. The molecule has 2 aromatic rings. The quantitative estimate of drug-likeness (QED) is 0.230. The molecule has 1 fully saturated rings. The number of rotatable bonds is 14. The monoisotopic (exact) mass is 605 g/mol. The molecule has 1 aliphatic rings. The van der Waals surface area contributed by atoms with Gasteiger partial charge in [0.1, 0.15) is 6.54 Å². The van der Waals surface area contributed by atoms with Gasteiger partial charge in [0, 0.05) is 67.8 Å². The van der Waals surface area contributed by atoms with E-state index in [1.807, 2.05) is 24.3 Å². The first kappa shape index (κ1) is 32.4. The molecule has 1 saturated heterocycles. The SMILES string of the molecule is NCCS[C@H](C(=O)NCC(=O)O)C(=O)N(CCO)c1ccc(C(=O)N2CCN(CCc3ccc(Cl)cc3)CC2)cc1. The van der Waals surface area contributed by atoms with Crippen LogP contribution in [0.25, 0.3) is 0 Å². The molecule has 3 rings (SSSR count). The number of thioether (sulfide) groups is 1. The zero-order chi connectivity index (χ0) is 29.8. The number of carbonyl (C=O) groups excluding carboxylic acids is 3. The lowest BCUT2D eigenvalue weighted by molar-refractivity contribution is -0.138. The highest BCUT2D eigenvalue weighted by molar-refractivity contribution is 8.01. The summed E-state index contributed by atoms with van der Waals surface area (Å²) in [4.78, 5) is 55.3. The topological polar surface area (TPSA) is 157 Å². The molecule has 0 aromatic heterocycles. The van der Waals surface area contributed by atoms with Crippen LogP contribution < -0.4 is 16.0 Å². The lowest BCUT2D eigenvalue weighted by Crippen LogP contribution is -2.49. The van der Waals surface area contributed by atoms with Crippen LogP contribution in [0.3, 0.4) is 0 Å². The lowest BCUT2D eigenvalue weighted by Gasteiger charge is -2.35. The standard InChI is InChI=1S/C28H36ClN5O6S/c29-22-5-1-20(2-6-22)9-11-32-12-14-33(15-13-32)27(39)21-3-7-23(8-4-21)34(16-17-35)28(40)25(41-18-10-30)26(38)31-19-24(36)37/h1-8,25,35H,9-19,30H2,(H,31,38)(H,36,37)/t25-/m1/s1. The fourth-order valence-electron chi connectivity index (χ4n) is 4.39. The van der Waals surface area contributed by atoms with Crippen LogP contribution in [-0.4, -0.2) is 114 Å². The molecule has 1 atom stereocenters. The second kappa shape index (κ2) is 16.3. The summed E-state index contributed by atoms with van der Waals surface area (Å²) in [5.74, 6) is -2.42. The molecule has 41 heavy (non-hydrogen) atoms. The molecule has 0 radical (unpaired) electrons. The van der Waals surface area contributed by atoms with E-state index in [-0.39, 0.29) is 25.6 Å². The van der Waals surface area contributed by atoms with Crippen LogP contribution in [0.1, 0.15) is 15.9 Å². The van der Waals surface area contributed by atoms with Crippen molar-refractivity contribution in [1.82, 2.24) is 15.1 Å². The van der Waals surface area contributed by atoms with Gasteiger partial charge in [0.15, 0.2) is 5.25 Å². The van der Waals surface area contributed by atoms with Gasteiger partial charge >= 0.3 is 5.97 Å². The van der Waals surface area contributed by atoms with Crippen molar-refractivity contribution < 1.29 is 29.4 Å². The summed E-state index contributed by atoms with van der Waals surface area (Å²) in [7, 11) is 0. The van der Waals surface area contributed by atoms with Gasteiger partial charge in [-0.15, -0.1) is 11.8 Å². The highest BCUT2D eigenvalue weighted by atomic mass is 35.5. The Kier molecular flexibility index (Phi) is 12.9. The number of nitrogens with two attached hydrogens (primary N) is 1. The maximum Gasteiger partial charge on any atom is 0.322 e. The largest absolute Gasteiger partial charge is 0.480 e. The van der Waals surface area contributed by atoms with Crippen molar-refractivity contribution in [3.05, 3.63) is 64.7 Å². The van der Waals surface area contributed by atoms with Gasteiger partial charge in [-0.3, -0.25) is 24.1 Å². The fraction of sp³-hybridized carbons (Fsp3) is 0.429. The van der Waals surface area contributed by atoms with E-state index >= 15 is 0 Å². The third kappa shape index (κ3) is 9.72. The molecule has 0 saturated carbocycles. The second-order valence-electron chi connectivity index (χ2n) is 9.42. The Morgan fingerprint density at radius 1 is 1.02 bits per heavy atom. The molecule has 2 aromatic carbocycles. The number of benzene rings is 2. The van der Waals surface area contributed by atoms with E-state index in [4.69, 9.17) is 22.4 Å². The van der Waals surface area contributed by atoms with Gasteiger partial charge in [0.2, 0.25) is 11.8 Å². The number of amides is 3. The predicted molar refractivity (Wildman–Crippen MR) is 159 cm³/mol. The Morgan fingerprint density at radius 3 is 2.27 bits per heavy atom. The Bertz CT molecular complexity index is 1180. The van der Waals surface area contributed by atoms with Gasteiger partial charge in [-0.2, -0.15) is 0 Å². The number of aliphatic hydroxyl groups excluding tert-OH is 1. The van der Waals surface area contributed by atoms with Crippen molar-refractivity contribution in [2.75, 3.05) is 69.6 Å². The number of nitrogens with zero attached hydrogens (tertiary/aromatic N) is 3. The molecular formula is C28H36ClN5O6S. The molecule has 0 aliphatic carbocycles. The number of aliphatic hydroxyl groups is 1. The number of carboxylic acid groups (broad SMARTS) is 1. The van der Waals surface area contributed by atoms with Crippen LogP contribution in [-0.2, 0) is 20.8 Å². The zero-order valence-electron chi connectivity index (χ0n) is 22.7. The van der Waals surface area contributed by atoms with Gasteiger partial charge in [-0.1, -0.05) is 23.7 Å². The van der Waals surface area contributed by atoms with E-state index in [1.165, 1.54) is 10.5 Å². The number of carboxylic acids is 1. The normalized spacial score (nSPS) is 14.4. The molecule has 1 heterocycles. The number of anilines is 1. The van der Waals surface area contributed by atoms with Gasteiger partial charge in [0.25, 0.3) is 5.91 Å². The number of aliphatic carboxylic acids is 1. The maximum absolute atomic E-state index is 13.3. The number of piperazine rings is 1. The smallest absolute Gasteiger partial charge is 0.322 e. The Hall–Kier alpha value is -3.16. The lowest BCUT2D eigenvalue weighted by atomic mass is 10.1. The van der Waals surface area contributed by atoms with Crippen LogP contribution in [0.2, 0.25) is 5.02 Å². The molecule has 5 N–H and O–H groups in total. The number of hydrogen-bond donors (Lipinski definition) is 4. The summed E-state index contributed by atoms with van der Waals surface area (Å²) in [5.41, 5.74) is 7.63. The average Bonchev–Trinajstić information content (AvgIpc) is 2.98. The van der Waals surface area contributed by atoms with Crippen molar-refractivity contribution in [3.8, 4) is 0 Å². The average molecular weight is 606 g/mol. The third-order valence-corrected chi connectivity index (χ3v) is 8.06. The van der Waals surface area contributed by atoms with E-state index in [9.17, 15) is 24.3 Å². The predicted octanol–water partition coefficient (Wildman–Crippen LogP) is 0.927. The first-order valence-electron chi connectivity index (χ1n) is 13.3. The molecular weight excluding hydrogens is 570 g/mol. The van der Waals surface area contributed by atoms with Gasteiger partial charge < -0.3 is 31.1 Å². The number of hydrogen-bond acceptors (Lipinski definition) is 8. The minimum atomic E-state index is -1.25. The molecule has 1 aliphatic heterocycles. The highest BCUT2D eigenvalue weighted by Gasteiger charge is 2.32. The first-order chi connectivity index (χ1) is 19.7. The van der Waals surface area contributed by atoms with E-state index < -0.39 is 29.6 Å². The van der Waals surface area contributed by atoms with Crippen molar-refractivity contribution in [2.24, 2.45) is 5.73 Å². The summed E-state index contributed by atoms with van der Waals surface area (Å²) in [6, 6.07) is 14.3. The van der Waals surface area contributed by atoms with Crippen molar-refractivity contribution >= 4 is 52.7 Å². The van der Waals surface area contributed by atoms with Crippen LogP contribution in [0.5, 0.6) is 0 Å². The third-order valence-electron chi connectivity index (χ3n) is 6.58. The van der Waals surface area contributed by atoms with Gasteiger partial charge in [-0.25, -0.2) is 0 Å². The highest BCUT2D eigenvalue weighted by Crippen LogP contribution is 2.22. The zero-order valence-corrected chi connectivity index (χ0v) is 24.3. The van der Waals surface area contributed by atoms with E-state index in [0.29, 0.717) is 35.1 Å². The Balaban J connectivity index is 1.61. The second-order valence-corrected chi connectivity index (χ2v) is 11.1. The summed E-state index contributed by atoms with van der Waals surface area (Å²) < 4.78 is 0. The Morgan fingerprint density at radius 2 is 1.68 bits per heavy atom. The summed E-state index contributed by atoms with van der Waals surface area (Å²) >= 11 is 6.95. The van der Waals surface area contributed by atoms with Gasteiger partial charge in [0.05, 0.1) is 6.61 Å². The molecule has 11 nitrogen and oxygen atoms in total. The molecule has 0 bridgehead atoms. The number of carbonyl (C=O) groups is 4. The summed E-state index contributed by atoms with van der Waals surface area (Å²) in [5, 5.41) is 20.2. The van der Waals surface area contributed by atoms with Crippen LogP contribution in [0.4, 0.5) is 5.69 Å². The van der Waals surface area contributed by atoms with E-state index in [2.05, 4.69) is 10.2 Å². The molecule has 0 unspecified atom stereocenters. The minimum Gasteiger partial charge on any atom is -0.480 e. The van der Waals surface area contributed by atoms with Gasteiger partial charge in [-0.05, 0) is 48.4 Å². The number of nitrogens with one attached hydrogen (secondary N) is 1. The molecule has 13 heteroatoms. The van der Waals surface area contributed by atoms with Crippen molar-refractivity contribution in [3.63, 3.8) is 0 Å². The fourth-order valence-corrected chi connectivity index (χ4v) is 5.39. The molecule has 0 spiro atoms. The summed E-state index contributed by atoms with van der Waals surface area (Å²) in [6.07, 6.45) is 0.905. The van der Waals surface area contributed by atoms with Crippen LogP contribution in [0, 0.1) is 0 Å². The van der Waals surface area contributed by atoms with Crippen LogP contribution >= 0.6 is 23.4 Å². The van der Waals surface area contributed by atoms with E-state index in [0.717, 1.165) is 37.8 Å².